The summed E-state index contributed by atoms with van der Waals surface area (Å²) in [5.41, 5.74) is 5.73. The molecule has 0 bridgehead atoms. The Hall–Kier alpha value is -0.380. The van der Waals surface area contributed by atoms with E-state index in [2.05, 4.69) is 19.1 Å². The Morgan fingerprint density at radius 2 is 2.33 bits per heavy atom. The normalized spacial score (nSPS) is 18.0. The SMILES string of the molecule is Cc1ccc(C(CN)OCCC2CC2)s1. The Balaban J connectivity index is 1.80. The van der Waals surface area contributed by atoms with Gasteiger partial charge < -0.3 is 10.5 Å². The molecule has 0 aromatic carbocycles. The van der Waals surface area contributed by atoms with Gasteiger partial charge in [0.2, 0.25) is 0 Å². The van der Waals surface area contributed by atoms with Crippen LogP contribution in [0.25, 0.3) is 0 Å². The molecule has 1 unspecified atom stereocenters. The molecule has 1 aromatic heterocycles. The molecule has 0 amide bonds. The maximum atomic E-state index is 5.83. The van der Waals surface area contributed by atoms with E-state index in [-0.39, 0.29) is 6.10 Å². The average molecular weight is 225 g/mol. The predicted molar refractivity (Wildman–Crippen MR) is 64.1 cm³/mol. The lowest BCUT2D eigenvalue weighted by Crippen LogP contribution is -2.15. The van der Waals surface area contributed by atoms with Crippen molar-refractivity contribution in [3.8, 4) is 0 Å². The Bertz CT molecular complexity index is 306. The van der Waals surface area contributed by atoms with E-state index in [0.29, 0.717) is 6.54 Å². The molecule has 1 aliphatic carbocycles. The van der Waals surface area contributed by atoms with Crippen LogP contribution in [0.15, 0.2) is 12.1 Å². The van der Waals surface area contributed by atoms with Gasteiger partial charge in [0.1, 0.15) is 6.10 Å². The topological polar surface area (TPSA) is 35.2 Å². The lowest BCUT2D eigenvalue weighted by atomic mass is 10.2. The minimum Gasteiger partial charge on any atom is -0.371 e. The fourth-order valence-electron chi connectivity index (χ4n) is 1.68. The van der Waals surface area contributed by atoms with Crippen molar-refractivity contribution < 1.29 is 4.74 Å². The summed E-state index contributed by atoms with van der Waals surface area (Å²) in [5, 5.41) is 0. The van der Waals surface area contributed by atoms with Gasteiger partial charge >= 0.3 is 0 Å². The first-order valence-corrected chi connectivity index (χ1v) is 6.49. The first-order chi connectivity index (χ1) is 7.29. The number of ether oxygens (including phenoxy) is 1. The second-order valence-electron chi connectivity index (χ2n) is 4.28. The van der Waals surface area contributed by atoms with Crippen LogP contribution in [0, 0.1) is 12.8 Å². The number of hydrogen-bond donors (Lipinski definition) is 1. The Morgan fingerprint density at radius 1 is 1.53 bits per heavy atom. The lowest BCUT2D eigenvalue weighted by molar-refractivity contribution is 0.0568. The first kappa shape index (κ1) is 11.1. The number of thiophene rings is 1. The zero-order valence-electron chi connectivity index (χ0n) is 9.24. The van der Waals surface area contributed by atoms with Crippen molar-refractivity contribution in [1.29, 1.82) is 0 Å². The third-order valence-corrected chi connectivity index (χ3v) is 3.93. The average Bonchev–Trinajstić information content (AvgIpc) is 2.96. The molecule has 0 radical (unpaired) electrons. The molecule has 0 spiro atoms. The predicted octanol–water partition coefficient (Wildman–Crippen LogP) is 2.87. The van der Waals surface area contributed by atoms with Crippen molar-refractivity contribution in [2.75, 3.05) is 13.2 Å². The van der Waals surface area contributed by atoms with Gasteiger partial charge in [-0.25, -0.2) is 0 Å². The number of aryl methyl sites for hydroxylation is 1. The van der Waals surface area contributed by atoms with E-state index in [1.165, 1.54) is 29.0 Å². The lowest BCUT2D eigenvalue weighted by Gasteiger charge is -2.14. The maximum Gasteiger partial charge on any atom is 0.104 e. The van der Waals surface area contributed by atoms with Gasteiger partial charge in [0, 0.05) is 22.9 Å². The largest absolute Gasteiger partial charge is 0.371 e. The summed E-state index contributed by atoms with van der Waals surface area (Å²) in [5.74, 6) is 0.938. The van der Waals surface area contributed by atoms with Crippen molar-refractivity contribution >= 4 is 11.3 Å². The second kappa shape index (κ2) is 5.10. The summed E-state index contributed by atoms with van der Waals surface area (Å²) in [6, 6.07) is 4.27. The first-order valence-electron chi connectivity index (χ1n) is 5.67. The second-order valence-corrected chi connectivity index (χ2v) is 5.60. The molecule has 0 saturated heterocycles. The van der Waals surface area contributed by atoms with Crippen molar-refractivity contribution in [2.24, 2.45) is 11.7 Å². The van der Waals surface area contributed by atoms with Gasteiger partial charge in [-0.2, -0.15) is 0 Å². The van der Waals surface area contributed by atoms with Crippen molar-refractivity contribution in [3.05, 3.63) is 21.9 Å². The van der Waals surface area contributed by atoms with E-state index in [4.69, 9.17) is 10.5 Å². The number of hydrogen-bond acceptors (Lipinski definition) is 3. The molecule has 2 N–H and O–H groups in total. The maximum absolute atomic E-state index is 5.83. The molecule has 2 rings (SSSR count). The molecule has 1 heterocycles. The molecule has 1 saturated carbocycles. The van der Waals surface area contributed by atoms with Crippen LogP contribution < -0.4 is 5.73 Å². The fraction of sp³-hybridized carbons (Fsp3) is 0.667. The summed E-state index contributed by atoms with van der Waals surface area (Å²) in [6.07, 6.45) is 4.12. The van der Waals surface area contributed by atoms with E-state index in [9.17, 15) is 0 Å². The highest BCUT2D eigenvalue weighted by Crippen LogP contribution is 2.33. The summed E-state index contributed by atoms with van der Waals surface area (Å²) >= 11 is 1.79. The van der Waals surface area contributed by atoms with Gasteiger partial charge in [0.15, 0.2) is 0 Å². The molecular formula is C12H19NOS. The molecule has 3 heteroatoms. The zero-order valence-corrected chi connectivity index (χ0v) is 10.1. The van der Waals surface area contributed by atoms with Crippen LogP contribution >= 0.6 is 11.3 Å². The van der Waals surface area contributed by atoms with E-state index < -0.39 is 0 Å². The van der Waals surface area contributed by atoms with Crippen LogP contribution in [0.5, 0.6) is 0 Å². The quantitative estimate of drug-likeness (QED) is 0.808. The number of nitrogens with two attached hydrogens (primary N) is 1. The number of rotatable bonds is 6. The minimum absolute atomic E-state index is 0.113. The van der Waals surface area contributed by atoms with Gasteiger partial charge in [-0.05, 0) is 31.4 Å². The Kier molecular flexibility index (Phi) is 3.78. The highest BCUT2D eigenvalue weighted by molar-refractivity contribution is 7.12. The highest BCUT2D eigenvalue weighted by atomic mass is 32.1. The Morgan fingerprint density at radius 3 is 2.87 bits per heavy atom. The van der Waals surface area contributed by atoms with E-state index in [1.54, 1.807) is 11.3 Å². The van der Waals surface area contributed by atoms with Gasteiger partial charge in [-0.1, -0.05) is 12.8 Å². The summed E-state index contributed by atoms with van der Waals surface area (Å²) in [7, 11) is 0. The summed E-state index contributed by atoms with van der Waals surface area (Å²) < 4.78 is 5.83. The van der Waals surface area contributed by atoms with Gasteiger partial charge in [-0.15, -0.1) is 11.3 Å². The van der Waals surface area contributed by atoms with Crippen molar-refractivity contribution in [3.63, 3.8) is 0 Å². The molecule has 1 fully saturated rings. The smallest absolute Gasteiger partial charge is 0.104 e. The fourth-order valence-corrected chi connectivity index (χ4v) is 2.62. The summed E-state index contributed by atoms with van der Waals surface area (Å²) in [6.45, 7) is 3.57. The molecule has 1 aromatic rings. The van der Waals surface area contributed by atoms with E-state index in [0.717, 1.165) is 12.5 Å². The third-order valence-electron chi connectivity index (χ3n) is 2.83. The van der Waals surface area contributed by atoms with Crippen molar-refractivity contribution in [2.45, 2.75) is 32.3 Å². The molecule has 0 aliphatic heterocycles. The van der Waals surface area contributed by atoms with Gasteiger partial charge in [-0.3, -0.25) is 0 Å². The van der Waals surface area contributed by atoms with E-state index in [1.807, 2.05) is 0 Å². The van der Waals surface area contributed by atoms with Crippen LogP contribution in [-0.2, 0) is 4.74 Å². The molecule has 15 heavy (non-hydrogen) atoms. The highest BCUT2D eigenvalue weighted by Gasteiger charge is 2.21. The molecule has 2 nitrogen and oxygen atoms in total. The summed E-state index contributed by atoms with van der Waals surface area (Å²) in [4.78, 5) is 2.60. The standard InChI is InChI=1S/C12H19NOS/c1-9-2-5-12(15-9)11(8-13)14-7-6-10-3-4-10/h2,5,10-11H,3-4,6-8,13H2,1H3. The van der Waals surface area contributed by atoms with Crippen LogP contribution in [-0.4, -0.2) is 13.2 Å². The molecule has 84 valence electrons. The monoisotopic (exact) mass is 225 g/mol. The van der Waals surface area contributed by atoms with Crippen LogP contribution in [0.2, 0.25) is 0 Å². The van der Waals surface area contributed by atoms with E-state index >= 15 is 0 Å². The molecule has 1 atom stereocenters. The van der Waals surface area contributed by atoms with Crippen LogP contribution in [0.4, 0.5) is 0 Å². The molecular weight excluding hydrogens is 206 g/mol. The van der Waals surface area contributed by atoms with Crippen molar-refractivity contribution in [1.82, 2.24) is 0 Å². The van der Waals surface area contributed by atoms with Crippen LogP contribution in [0.1, 0.15) is 35.1 Å². The Labute approximate surface area is 95.4 Å². The van der Waals surface area contributed by atoms with Gasteiger partial charge in [0.25, 0.3) is 0 Å². The minimum atomic E-state index is 0.113. The van der Waals surface area contributed by atoms with Gasteiger partial charge in [0.05, 0.1) is 0 Å². The third kappa shape index (κ3) is 3.30. The molecule has 1 aliphatic rings. The van der Waals surface area contributed by atoms with Crippen LogP contribution in [0.3, 0.4) is 0 Å². The zero-order chi connectivity index (χ0) is 10.7.